The molecule has 3 heterocycles. The van der Waals surface area contributed by atoms with E-state index in [4.69, 9.17) is 16.3 Å². The number of aromatic nitrogens is 3. The molecule has 0 unspecified atom stereocenters. The van der Waals surface area contributed by atoms with Crippen molar-refractivity contribution in [1.29, 1.82) is 0 Å². The molecule has 0 aliphatic rings. The lowest BCUT2D eigenvalue weighted by atomic mass is 10.2. The van der Waals surface area contributed by atoms with E-state index in [0.29, 0.717) is 44.2 Å². The molecule has 5 aromatic rings. The minimum atomic E-state index is -0.282. The van der Waals surface area contributed by atoms with Crippen molar-refractivity contribution in [2.45, 2.75) is 6.92 Å². The number of imidazole rings is 1. The molecule has 5 rings (SSSR count). The van der Waals surface area contributed by atoms with Gasteiger partial charge in [-0.3, -0.25) is 9.59 Å². The number of anilines is 2. The molecule has 0 radical (unpaired) electrons. The first-order valence-corrected chi connectivity index (χ1v) is 11.8. The Balaban J connectivity index is 1.29. The summed E-state index contributed by atoms with van der Waals surface area (Å²) in [6, 6.07) is 19.0. The number of ether oxygens (including phenoxy) is 1. The maximum absolute atomic E-state index is 12.5. The van der Waals surface area contributed by atoms with Crippen LogP contribution in [0.25, 0.3) is 5.65 Å². The normalized spacial score (nSPS) is 10.8. The standard InChI is InChI=1S/C25H18ClN5O3S/c1-15-10-11-35-23(15)25(33)29-20-14-31-21(28-20)8-9-22(30-31)34-19-7-3-6-18(13-19)27-24(32)16-4-2-5-17(26)12-16/h2-14H,1H3,(H,27,32)(H,29,33). The number of nitrogens with one attached hydrogen (secondary N) is 2. The minimum absolute atomic E-state index is 0.214. The Labute approximate surface area is 209 Å². The van der Waals surface area contributed by atoms with Crippen molar-refractivity contribution < 1.29 is 14.3 Å². The highest BCUT2D eigenvalue weighted by molar-refractivity contribution is 7.12. The van der Waals surface area contributed by atoms with Crippen molar-refractivity contribution in [1.82, 2.24) is 14.6 Å². The molecular weight excluding hydrogens is 486 g/mol. The van der Waals surface area contributed by atoms with E-state index in [1.807, 2.05) is 18.4 Å². The molecule has 3 aromatic heterocycles. The van der Waals surface area contributed by atoms with E-state index < -0.39 is 0 Å². The Morgan fingerprint density at radius 3 is 2.66 bits per heavy atom. The summed E-state index contributed by atoms with van der Waals surface area (Å²) < 4.78 is 7.41. The van der Waals surface area contributed by atoms with Crippen LogP contribution >= 0.6 is 22.9 Å². The smallest absolute Gasteiger partial charge is 0.267 e. The summed E-state index contributed by atoms with van der Waals surface area (Å²) in [5.74, 6) is 0.699. The Morgan fingerprint density at radius 2 is 1.86 bits per heavy atom. The van der Waals surface area contributed by atoms with E-state index in [2.05, 4.69) is 20.7 Å². The zero-order valence-corrected chi connectivity index (χ0v) is 19.9. The monoisotopic (exact) mass is 503 g/mol. The number of aryl methyl sites for hydroxylation is 1. The molecule has 35 heavy (non-hydrogen) atoms. The maximum atomic E-state index is 12.5. The Bertz CT molecular complexity index is 1560. The second kappa shape index (κ2) is 9.57. The Kier molecular flexibility index (Phi) is 6.17. The van der Waals surface area contributed by atoms with Crippen LogP contribution in [0.1, 0.15) is 25.6 Å². The highest BCUT2D eigenvalue weighted by Crippen LogP contribution is 2.24. The van der Waals surface area contributed by atoms with Gasteiger partial charge in [0, 0.05) is 28.4 Å². The summed E-state index contributed by atoms with van der Waals surface area (Å²) in [6.45, 7) is 1.89. The van der Waals surface area contributed by atoms with E-state index in [1.54, 1.807) is 66.9 Å². The van der Waals surface area contributed by atoms with Gasteiger partial charge in [-0.05, 0) is 60.3 Å². The predicted molar refractivity (Wildman–Crippen MR) is 136 cm³/mol. The van der Waals surface area contributed by atoms with Crippen LogP contribution in [0.2, 0.25) is 5.02 Å². The molecule has 0 aliphatic carbocycles. The molecule has 8 nitrogen and oxygen atoms in total. The van der Waals surface area contributed by atoms with E-state index in [-0.39, 0.29) is 11.8 Å². The van der Waals surface area contributed by atoms with Crippen LogP contribution in [0.3, 0.4) is 0 Å². The molecule has 2 aromatic carbocycles. The van der Waals surface area contributed by atoms with Crippen molar-refractivity contribution in [2.75, 3.05) is 10.6 Å². The van der Waals surface area contributed by atoms with Gasteiger partial charge in [0.15, 0.2) is 11.5 Å². The zero-order chi connectivity index (χ0) is 24.4. The SMILES string of the molecule is Cc1ccsc1C(=O)Nc1cn2nc(Oc3cccc(NC(=O)c4cccc(Cl)c4)c3)ccc2n1. The minimum Gasteiger partial charge on any atom is -0.438 e. The molecule has 0 fully saturated rings. The first-order chi connectivity index (χ1) is 16.9. The van der Waals surface area contributed by atoms with Crippen molar-refractivity contribution in [3.8, 4) is 11.6 Å². The summed E-state index contributed by atoms with van der Waals surface area (Å²) in [7, 11) is 0. The average Bonchev–Trinajstić information content (AvgIpc) is 3.44. The van der Waals surface area contributed by atoms with Gasteiger partial charge in [-0.1, -0.05) is 23.7 Å². The molecule has 0 bridgehead atoms. The van der Waals surface area contributed by atoms with Crippen LogP contribution in [0.4, 0.5) is 11.5 Å². The number of hydrogen-bond acceptors (Lipinski definition) is 6. The van der Waals surface area contributed by atoms with Gasteiger partial charge in [0.05, 0.1) is 11.1 Å². The van der Waals surface area contributed by atoms with Gasteiger partial charge in [-0.2, -0.15) is 0 Å². The van der Waals surface area contributed by atoms with E-state index >= 15 is 0 Å². The molecular formula is C25H18ClN5O3S. The lowest BCUT2D eigenvalue weighted by Gasteiger charge is -2.09. The van der Waals surface area contributed by atoms with Crippen molar-refractivity contribution in [3.63, 3.8) is 0 Å². The molecule has 0 atom stereocenters. The maximum Gasteiger partial charge on any atom is 0.267 e. The van der Waals surface area contributed by atoms with E-state index in [0.717, 1.165) is 5.56 Å². The van der Waals surface area contributed by atoms with Crippen molar-refractivity contribution >= 4 is 51.9 Å². The fourth-order valence-corrected chi connectivity index (χ4v) is 4.36. The zero-order valence-electron chi connectivity index (χ0n) is 18.4. The number of carbonyl (C=O) groups excluding carboxylic acids is 2. The molecule has 10 heteroatoms. The molecule has 174 valence electrons. The number of thiophene rings is 1. The molecule has 0 aliphatic heterocycles. The summed E-state index contributed by atoms with van der Waals surface area (Å²) >= 11 is 7.35. The molecule has 0 saturated heterocycles. The summed E-state index contributed by atoms with van der Waals surface area (Å²) in [5.41, 5.74) is 2.48. The van der Waals surface area contributed by atoms with Crippen molar-refractivity contribution in [2.24, 2.45) is 0 Å². The number of amides is 2. The van der Waals surface area contributed by atoms with Gasteiger partial charge in [0.1, 0.15) is 5.75 Å². The number of benzene rings is 2. The lowest BCUT2D eigenvalue weighted by molar-refractivity contribution is 0.102. The van der Waals surface area contributed by atoms with Gasteiger partial charge in [0.2, 0.25) is 5.88 Å². The van der Waals surface area contributed by atoms with Gasteiger partial charge < -0.3 is 15.4 Å². The first-order valence-electron chi connectivity index (χ1n) is 10.5. The molecule has 0 spiro atoms. The number of nitrogens with zero attached hydrogens (tertiary/aromatic N) is 3. The number of fused-ring (bicyclic) bond motifs is 1. The second-order valence-electron chi connectivity index (χ2n) is 7.58. The van der Waals surface area contributed by atoms with Crippen LogP contribution in [0.15, 0.2) is 78.3 Å². The Morgan fingerprint density at radius 1 is 1.00 bits per heavy atom. The molecule has 2 amide bonds. The third-order valence-corrected chi connectivity index (χ3v) is 6.26. The number of hydrogen-bond donors (Lipinski definition) is 2. The Hall–Kier alpha value is -4.21. The summed E-state index contributed by atoms with van der Waals surface area (Å²) in [5, 5.41) is 12.4. The number of carbonyl (C=O) groups is 2. The fourth-order valence-electron chi connectivity index (χ4n) is 3.35. The van der Waals surface area contributed by atoms with Gasteiger partial charge in [0.25, 0.3) is 11.8 Å². The average molecular weight is 504 g/mol. The van der Waals surface area contributed by atoms with Gasteiger partial charge in [-0.25, -0.2) is 9.50 Å². The van der Waals surface area contributed by atoms with Crippen LogP contribution < -0.4 is 15.4 Å². The van der Waals surface area contributed by atoms with E-state index in [1.165, 1.54) is 15.9 Å². The second-order valence-corrected chi connectivity index (χ2v) is 8.93. The quantitative estimate of drug-likeness (QED) is 0.294. The summed E-state index contributed by atoms with van der Waals surface area (Å²) in [4.78, 5) is 30.0. The largest absolute Gasteiger partial charge is 0.438 e. The van der Waals surface area contributed by atoms with Crippen LogP contribution in [0.5, 0.6) is 11.6 Å². The van der Waals surface area contributed by atoms with Gasteiger partial charge >= 0.3 is 0 Å². The van der Waals surface area contributed by atoms with Crippen molar-refractivity contribution in [3.05, 3.63) is 99.3 Å². The molecule has 0 saturated carbocycles. The fraction of sp³-hybridized carbons (Fsp3) is 0.0400. The first kappa shape index (κ1) is 22.6. The van der Waals surface area contributed by atoms with Crippen LogP contribution in [0, 0.1) is 6.92 Å². The number of halogens is 1. The third-order valence-electron chi connectivity index (χ3n) is 5.01. The van der Waals surface area contributed by atoms with E-state index in [9.17, 15) is 9.59 Å². The predicted octanol–water partition coefficient (Wildman–Crippen LogP) is 6.05. The number of rotatable bonds is 6. The topological polar surface area (TPSA) is 97.6 Å². The highest BCUT2D eigenvalue weighted by atomic mass is 35.5. The van der Waals surface area contributed by atoms with Crippen LogP contribution in [-0.2, 0) is 0 Å². The lowest BCUT2D eigenvalue weighted by Crippen LogP contribution is -2.11. The van der Waals surface area contributed by atoms with Gasteiger partial charge in [-0.15, -0.1) is 16.4 Å². The summed E-state index contributed by atoms with van der Waals surface area (Å²) in [6.07, 6.45) is 1.62. The third kappa shape index (κ3) is 5.16. The van der Waals surface area contributed by atoms with Crippen LogP contribution in [-0.4, -0.2) is 26.4 Å². The molecule has 2 N–H and O–H groups in total. The highest BCUT2D eigenvalue weighted by Gasteiger charge is 2.13.